The molecule has 26 heavy (non-hydrogen) atoms. The molecule has 1 unspecified atom stereocenters. The Morgan fingerprint density at radius 3 is 2.77 bits per heavy atom. The number of nitrogens with zero attached hydrogens (tertiary/aromatic N) is 3. The molecule has 1 aliphatic heterocycles. The first-order valence-corrected chi connectivity index (χ1v) is 8.78. The van der Waals surface area contributed by atoms with Gasteiger partial charge in [0.15, 0.2) is 0 Å². The lowest BCUT2D eigenvalue weighted by Gasteiger charge is -2.17. The number of nitrogens with one attached hydrogen (secondary N) is 2. The molecule has 0 spiro atoms. The Balaban J connectivity index is 1.41. The van der Waals surface area contributed by atoms with Crippen LogP contribution in [-0.2, 0) is 0 Å². The lowest BCUT2D eigenvalue weighted by molar-refractivity contribution is 0.0791. The van der Waals surface area contributed by atoms with Gasteiger partial charge in [0.1, 0.15) is 0 Å². The van der Waals surface area contributed by atoms with Crippen molar-refractivity contribution in [3.63, 3.8) is 0 Å². The van der Waals surface area contributed by atoms with E-state index >= 15 is 0 Å². The van der Waals surface area contributed by atoms with Gasteiger partial charge in [0.05, 0.1) is 5.52 Å². The molecule has 0 radical (unpaired) electrons. The predicted molar refractivity (Wildman–Crippen MR) is 103 cm³/mol. The Kier molecular flexibility index (Phi) is 4.39. The van der Waals surface area contributed by atoms with Crippen LogP contribution < -0.4 is 10.6 Å². The summed E-state index contributed by atoms with van der Waals surface area (Å²) in [6.07, 6.45) is 2.71. The van der Waals surface area contributed by atoms with Gasteiger partial charge in [-0.2, -0.15) is 0 Å². The van der Waals surface area contributed by atoms with Crippen LogP contribution in [0.25, 0.3) is 10.9 Å². The molecule has 1 fully saturated rings. The zero-order chi connectivity index (χ0) is 17.9. The summed E-state index contributed by atoms with van der Waals surface area (Å²) in [6.45, 7) is 1.39. The number of likely N-dealkylation sites (tertiary alicyclic amines) is 1. The number of hydrogen-bond acceptors (Lipinski definition) is 5. The van der Waals surface area contributed by atoms with Crippen molar-refractivity contribution in [2.45, 2.75) is 12.5 Å². The van der Waals surface area contributed by atoms with Crippen molar-refractivity contribution in [1.29, 1.82) is 0 Å². The highest BCUT2D eigenvalue weighted by atomic mass is 16.2. The van der Waals surface area contributed by atoms with Gasteiger partial charge in [-0.1, -0.05) is 18.2 Å². The van der Waals surface area contributed by atoms with E-state index in [1.807, 2.05) is 66.7 Å². The van der Waals surface area contributed by atoms with Gasteiger partial charge in [0.25, 0.3) is 5.91 Å². The van der Waals surface area contributed by atoms with Crippen molar-refractivity contribution in [2.75, 3.05) is 30.8 Å². The Hall–Kier alpha value is -3.15. The summed E-state index contributed by atoms with van der Waals surface area (Å²) >= 11 is 0. The molecule has 2 aromatic carbocycles. The predicted octanol–water partition coefficient (Wildman–Crippen LogP) is 3.00. The van der Waals surface area contributed by atoms with Crippen LogP contribution in [0.4, 0.5) is 11.6 Å². The molecule has 1 aromatic heterocycles. The standard InChI is InChI=1S/C20H21N5O/c1-21-16-8-6-14(7-9-16)19(26)25-11-10-17(13-25)23-20-22-12-15-4-2-3-5-18(15)24-20/h2-9,12,17,21H,10-11,13H2,1H3,(H,22,23,24). The van der Waals surface area contributed by atoms with Gasteiger partial charge in [-0.3, -0.25) is 4.79 Å². The summed E-state index contributed by atoms with van der Waals surface area (Å²) in [4.78, 5) is 23.5. The van der Waals surface area contributed by atoms with Crippen molar-refractivity contribution in [1.82, 2.24) is 14.9 Å². The first-order valence-electron chi connectivity index (χ1n) is 8.78. The van der Waals surface area contributed by atoms with E-state index in [0.29, 0.717) is 18.1 Å². The SMILES string of the molecule is CNc1ccc(C(=O)N2CCC(Nc3ncc4ccccc4n3)C2)cc1. The van der Waals surface area contributed by atoms with Gasteiger partial charge < -0.3 is 15.5 Å². The molecular weight excluding hydrogens is 326 g/mol. The third kappa shape index (κ3) is 3.31. The molecule has 0 aliphatic carbocycles. The van der Waals surface area contributed by atoms with Crippen molar-refractivity contribution >= 4 is 28.4 Å². The van der Waals surface area contributed by atoms with E-state index < -0.39 is 0 Å². The second-order valence-corrected chi connectivity index (χ2v) is 6.46. The van der Waals surface area contributed by atoms with Crippen LogP contribution >= 0.6 is 0 Å². The minimum atomic E-state index is 0.0661. The summed E-state index contributed by atoms with van der Waals surface area (Å²) < 4.78 is 0. The summed E-state index contributed by atoms with van der Waals surface area (Å²) in [5, 5.41) is 7.44. The minimum absolute atomic E-state index is 0.0661. The summed E-state index contributed by atoms with van der Waals surface area (Å²) in [5.74, 6) is 0.678. The zero-order valence-corrected chi connectivity index (χ0v) is 14.6. The smallest absolute Gasteiger partial charge is 0.253 e. The van der Waals surface area contributed by atoms with E-state index in [9.17, 15) is 4.79 Å². The number of aromatic nitrogens is 2. The van der Waals surface area contributed by atoms with Crippen molar-refractivity contribution in [3.05, 3.63) is 60.3 Å². The van der Waals surface area contributed by atoms with Gasteiger partial charge >= 0.3 is 0 Å². The average Bonchev–Trinajstić information content (AvgIpc) is 3.16. The number of fused-ring (bicyclic) bond motifs is 1. The van der Waals surface area contributed by atoms with Crippen LogP contribution in [0.5, 0.6) is 0 Å². The number of carbonyl (C=O) groups is 1. The number of carbonyl (C=O) groups excluding carboxylic acids is 1. The number of para-hydroxylation sites is 1. The van der Waals surface area contributed by atoms with Crippen molar-refractivity contribution in [3.8, 4) is 0 Å². The largest absolute Gasteiger partial charge is 0.388 e. The lowest BCUT2D eigenvalue weighted by Crippen LogP contribution is -2.31. The van der Waals surface area contributed by atoms with E-state index in [4.69, 9.17) is 0 Å². The topological polar surface area (TPSA) is 70.2 Å². The zero-order valence-electron chi connectivity index (χ0n) is 14.6. The lowest BCUT2D eigenvalue weighted by atomic mass is 10.2. The fourth-order valence-electron chi connectivity index (χ4n) is 3.25. The first-order chi connectivity index (χ1) is 12.7. The molecule has 3 aromatic rings. The quantitative estimate of drug-likeness (QED) is 0.759. The number of hydrogen-bond donors (Lipinski definition) is 2. The molecule has 6 heteroatoms. The third-order valence-corrected chi connectivity index (χ3v) is 4.72. The summed E-state index contributed by atoms with van der Waals surface area (Å²) in [6, 6.07) is 15.6. The molecule has 2 heterocycles. The Bertz CT molecular complexity index is 925. The molecular formula is C20H21N5O. The van der Waals surface area contributed by atoms with Gasteiger partial charge in [-0.15, -0.1) is 0 Å². The second kappa shape index (κ2) is 7.00. The molecule has 6 nitrogen and oxygen atoms in total. The molecule has 4 rings (SSSR count). The highest BCUT2D eigenvalue weighted by Gasteiger charge is 2.27. The van der Waals surface area contributed by atoms with Crippen molar-refractivity contribution < 1.29 is 4.79 Å². The molecule has 1 saturated heterocycles. The van der Waals surface area contributed by atoms with Crippen LogP contribution in [0, 0.1) is 0 Å². The molecule has 0 bridgehead atoms. The molecule has 2 N–H and O–H groups in total. The molecule has 0 saturated carbocycles. The van der Waals surface area contributed by atoms with E-state index in [-0.39, 0.29) is 11.9 Å². The number of amides is 1. The number of rotatable bonds is 4. The Morgan fingerprint density at radius 2 is 1.96 bits per heavy atom. The van der Waals surface area contributed by atoms with E-state index in [1.165, 1.54) is 0 Å². The maximum Gasteiger partial charge on any atom is 0.253 e. The number of benzene rings is 2. The van der Waals surface area contributed by atoms with Gasteiger partial charge in [-0.25, -0.2) is 9.97 Å². The molecule has 1 amide bonds. The van der Waals surface area contributed by atoms with E-state index in [0.717, 1.165) is 29.6 Å². The van der Waals surface area contributed by atoms with Gasteiger partial charge in [0, 0.05) is 49.0 Å². The van der Waals surface area contributed by atoms with Gasteiger partial charge in [0.2, 0.25) is 5.95 Å². The summed E-state index contributed by atoms with van der Waals surface area (Å²) in [5.41, 5.74) is 2.63. The minimum Gasteiger partial charge on any atom is -0.388 e. The Labute approximate surface area is 152 Å². The number of anilines is 2. The fraction of sp³-hybridized carbons (Fsp3) is 0.250. The fourth-order valence-corrected chi connectivity index (χ4v) is 3.25. The maximum atomic E-state index is 12.7. The first kappa shape index (κ1) is 16.3. The normalized spacial score (nSPS) is 16.7. The van der Waals surface area contributed by atoms with Crippen molar-refractivity contribution in [2.24, 2.45) is 0 Å². The van der Waals surface area contributed by atoms with Crippen LogP contribution in [0.15, 0.2) is 54.7 Å². The average molecular weight is 347 g/mol. The van der Waals surface area contributed by atoms with Crippen LogP contribution in [-0.4, -0.2) is 47.0 Å². The second-order valence-electron chi connectivity index (χ2n) is 6.46. The Morgan fingerprint density at radius 1 is 1.15 bits per heavy atom. The summed E-state index contributed by atoms with van der Waals surface area (Å²) in [7, 11) is 1.86. The van der Waals surface area contributed by atoms with Crippen LogP contribution in [0.3, 0.4) is 0 Å². The maximum absolute atomic E-state index is 12.7. The van der Waals surface area contributed by atoms with E-state index in [2.05, 4.69) is 20.6 Å². The molecule has 1 atom stereocenters. The molecule has 1 aliphatic rings. The monoisotopic (exact) mass is 347 g/mol. The van der Waals surface area contributed by atoms with Crippen LogP contribution in [0.2, 0.25) is 0 Å². The van der Waals surface area contributed by atoms with E-state index in [1.54, 1.807) is 0 Å². The highest BCUT2D eigenvalue weighted by molar-refractivity contribution is 5.94. The third-order valence-electron chi connectivity index (χ3n) is 4.72. The van der Waals surface area contributed by atoms with Crippen LogP contribution in [0.1, 0.15) is 16.8 Å². The molecule has 132 valence electrons. The van der Waals surface area contributed by atoms with Gasteiger partial charge in [-0.05, 0) is 36.8 Å². The highest BCUT2D eigenvalue weighted by Crippen LogP contribution is 2.19.